The summed E-state index contributed by atoms with van der Waals surface area (Å²) in [4.78, 5) is 23.1. The summed E-state index contributed by atoms with van der Waals surface area (Å²) in [5.41, 5.74) is -0.442. The van der Waals surface area contributed by atoms with Gasteiger partial charge in [0.05, 0.1) is 12.5 Å². The summed E-state index contributed by atoms with van der Waals surface area (Å²) in [6.07, 6.45) is 0. The van der Waals surface area contributed by atoms with Crippen molar-refractivity contribution in [2.45, 2.75) is 47.6 Å². The van der Waals surface area contributed by atoms with Gasteiger partial charge in [0.15, 0.2) is 0 Å². The highest BCUT2D eigenvalue weighted by Gasteiger charge is 2.27. The number of carbonyl (C=O) groups is 2. The monoisotopic (exact) mass is 229 g/mol. The Hall–Kier alpha value is -1.06. The van der Waals surface area contributed by atoms with Crippen LogP contribution in [0.5, 0.6) is 0 Å². The van der Waals surface area contributed by atoms with Crippen LogP contribution < -0.4 is 5.32 Å². The molecular formula is C12H23NO3. The van der Waals surface area contributed by atoms with E-state index >= 15 is 0 Å². The number of hydrogen-bond acceptors (Lipinski definition) is 3. The molecule has 0 bridgehead atoms. The highest BCUT2D eigenvalue weighted by Crippen LogP contribution is 2.14. The SMILES string of the molecule is CCOC(=O)[C@H](C)[C@H](C)NC(=O)C(C)(C)C. The molecule has 0 aromatic carbocycles. The fourth-order valence-electron chi connectivity index (χ4n) is 1.03. The van der Waals surface area contributed by atoms with Crippen LogP contribution in [0.3, 0.4) is 0 Å². The third-order valence-corrected chi connectivity index (χ3v) is 2.45. The van der Waals surface area contributed by atoms with Crippen LogP contribution in [0.25, 0.3) is 0 Å². The van der Waals surface area contributed by atoms with Gasteiger partial charge in [0.2, 0.25) is 5.91 Å². The van der Waals surface area contributed by atoms with E-state index in [2.05, 4.69) is 5.32 Å². The van der Waals surface area contributed by atoms with Gasteiger partial charge in [-0.25, -0.2) is 0 Å². The first-order chi connectivity index (χ1) is 7.20. The zero-order chi connectivity index (χ0) is 12.9. The van der Waals surface area contributed by atoms with Crippen LogP contribution in [0, 0.1) is 11.3 Å². The largest absolute Gasteiger partial charge is 0.466 e. The van der Waals surface area contributed by atoms with Gasteiger partial charge in [-0.05, 0) is 20.8 Å². The lowest BCUT2D eigenvalue weighted by molar-refractivity contribution is -0.148. The molecule has 0 spiro atoms. The van der Waals surface area contributed by atoms with Gasteiger partial charge in [-0.2, -0.15) is 0 Å². The molecule has 94 valence electrons. The molecule has 0 aliphatic rings. The molecule has 1 amide bonds. The second-order valence-corrected chi connectivity index (χ2v) is 5.05. The van der Waals surface area contributed by atoms with Gasteiger partial charge in [-0.15, -0.1) is 0 Å². The van der Waals surface area contributed by atoms with E-state index in [1.807, 2.05) is 27.7 Å². The lowest BCUT2D eigenvalue weighted by Gasteiger charge is -2.24. The van der Waals surface area contributed by atoms with Crippen molar-refractivity contribution in [2.24, 2.45) is 11.3 Å². The van der Waals surface area contributed by atoms with Crippen molar-refractivity contribution in [3.63, 3.8) is 0 Å². The minimum Gasteiger partial charge on any atom is -0.466 e. The lowest BCUT2D eigenvalue weighted by atomic mass is 9.94. The molecule has 0 radical (unpaired) electrons. The van der Waals surface area contributed by atoms with Gasteiger partial charge in [0, 0.05) is 11.5 Å². The molecule has 0 rings (SSSR count). The number of ether oxygens (including phenoxy) is 1. The first-order valence-electron chi connectivity index (χ1n) is 5.67. The zero-order valence-electron chi connectivity index (χ0n) is 11.1. The summed E-state index contributed by atoms with van der Waals surface area (Å²) in [6.45, 7) is 11.2. The standard InChI is InChI=1S/C12H23NO3/c1-7-16-10(14)8(2)9(3)13-11(15)12(4,5)6/h8-9H,7H2,1-6H3,(H,13,15)/t8-,9+/m1/s1. The maximum absolute atomic E-state index is 11.7. The molecule has 0 heterocycles. The zero-order valence-corrected chi connectivity index (χ0v) is 11.1. The molecule has 0 aromatic heterocycles. The van der Waals surface area contributed by atoms with E-state index in [4.69, 9.17) is 4.74 Å². The smallest absolute Gasteiger partial charge is 0.310 e. The molecular weight excluding hydrogens is 206 g/mol. The van der Waals surface area contributed by atoms with Crippen molar-refractivity contribution in [3.8, 4) is 0 Å². The predicted molar refractivity (Wildman–Crippen MR) is 62.9 cm³/mol. The summed E-state index contributed by atoms with van der Waals surface area (Å²) in [7, 11) is 0. The normalized spacial score (nSPS) is 15.1. The molecule has 1 N–H and O–H groups in total. The van der Waals surface area contributed by atoms with E-state index in [0.717, 1.165) is 0 Å². The fourth-order valence-corrected chi connectivity index (χ4v) is 1.03. The van der Waals surface area contributed by atoms with Crippen LogP contribution in [0.15, 0.2) is 0 Å². The van der Waals surface area contributed by atoms with E-state index in [1.165, 1.54) is 0 Å². The fraction of sp³-hybridized carbons (Fsp3) is 0.833. The number of carbonyl (C=O) groups excluding carboxylic acids is 2. The number of esters is 1. The van der Waals surface area contributed by atoms with E-state index in [1.54, 1.807) is 13.8 Å². The van der Waals surface area contributed by atoms with Crippen molar-refractivity contribution in [1.29, 1.82) is 0 Å². The molecule has 2 atom stereocenters. The van der Waals surface area contributed by atoms with E-state index in [9.17, 15) is 9.59 Å². The molecule has 0 saturated carbocycles. The summed E-state index contributed by atoms with van der Waals surface area (Å²) < 4.78 is 4.90. The number of rotatable bonds is 4. The Labute approximate surface area is 97.7 Å². The average molecular weight is 229 g/mol. The van der Waals surface area contributed by atoms with Crippen molar-refractivity contribution < 1.29 is 14.3 Å². The first-order valence-corrected chi connectivity index (χ1v) is 5.67. The molecule has 0 fully saturated rings. The van der Waals surface area contributed by atoms with Crippen LogP contribution in [-0.4, -0.2) is 24.5 Å². The molecule has 0 aliphatic heterocycles. The van der Waals surface area contributed by atoms with Gasteiger partial charge < -0.3 is 10.1 Å². The minimum atomic E-state index is -0.442. The van der Waals surface area contributed by atoms with Gasteiger partial charge in [-0.3, -0.25) is 9.59 Å². The summed E-state index contributed by atoms with van der Waals surface area (Å²) in [5.74, 6) is -0.661. The Morgan fingerprint density at radius 2 is 1.75 bits per heavy atom. The van der Waals surface area contributed by atoms with E-state index in [0.29, 0.717) is 6.61 Å². The molecule has 0 saturated heterocycles. The van der Waals surface area contributed by atoms with Crippen molar-refractivity contribution in [2.75, 3.05) is 6.61 Å². The van der Waals surface area contributed by atoms with Gasteiger partial charge >= 0.3 is 5.97 Å². The lowest BCUT2D eigenvalue weighted by Crippen LogP contribution is -2.45. The molecule has 4 heteroatoms. The number of amides is 1. The Morgan fingerprint density at radius 1 is 1.25 bits per heavy atom. The van der Waals surface area contributed by atoms with E-state index < -0.39 is 5.41 Å². The van der Waals surface area contributed by atoms with Crippen molar-refractivity contribution in [1.82, 2.24) is 5.32 Å². The Kier molecular flexibility index (Phi) is 5.48. The Bertz CT molecular complexity index is 255. The van der Waals surface area contributed by atoms with Crippen LogP contribution in [0.4, 0.5) is 0 Å². The van der Waals surface area contributed by atoms with Crippen LogP contribution in [0.2, 0.25) is 0 Å². The van der Waals surface area contributed by atoms with Crippen LogP contribution in [0.1, 0.15) is 41.5 Å². The van der Waals surface area contributed by atoms with Gasteiger partial charge in [-0.1, -0.05) is 20.8 Å². The molecule has 0 aromatic rings. The summed E-state index contributed by atoms with van der Waals surface area (Å²) in [5, 5.41) is 2.82. The van der Waals surface area contributed by atoms with Gasteiger partial charge in [0.25, 0.3) is 0 Å². The van der Waals surface area contributed by atoms with Crippen molar-refractivity contribution >= 4 is 11.9 Å². The molecule has 4 nitrogen and oxygen atoms in total. The topological polar surface area (TPSA) is 55.4 Å². The molecule has 0 unspecified atom stereocenters. The second kappa shape index (κ2) is 5.87. The quantitative estimate of drug-likeness (QED) is 0.747. The molecule has 0 aliphatic carbocycles. The first kappa shape index (κ1) is 14.9. The highest BCUT2D eigenvalue weighted by molar-refractivity contribution is 5.82. The van der Waals surface area contributed by atoms with Crippen LogP contribution in [-0.2, 0) is 14.3 Å². The Balaban J connectivity index is 4.31. The average Bonchev–Trinajstić information content (AvgIpc) is 2.15. The Morgan fingerprint density at radius 3 is 2.12 bits per heavy atom. The minimum absolute atomic E-state index is 0.0591. The second-order valence-electron chi connectivity index (χ2n) is 5.05. The van der Waals surface area contributed by atoms with Crippen molar-refractivity contribution in [3.05, 3.63) is 0 Å². The van der Waals surface area contributed by atoms with E-state index in [-0.39, 0.29) is 23.8 Å². The summed E-state index contributed by atoms with van der Waals surface area (Å²) in [6, 6.07) is -0.217. The third-order valence-electron chi connectivity index (χ3n) is 2.45. The number of hydrogen-bond donors (Lipinski definition) is 1. The summed E-state index contributed by atoms with van der Waals surface area (Å²) >= 11 is 0. The maximum Gasteiger partial charge on any atom is 0.310 e. The predicted octanol–water partition coefficient (Wildman–Crippen LogP) is 1.74. The van der Waals surface area contributed by atoms with Crippen LogP contribution >= 0.6 is 0 Å². The highest BCUT2D eigenvalue weighted by atomic mass is 16.5. The van der Waals surface area contributed by atoms with Gasteiger partial charge in [0.1, 0.15) is 0 Å². The number of nitrogens with one attached hydrogen (secondary N) is 1. The maximum atomic E-state index is 11.7. The third kappa shape index (κ3) is 4.64. The molecule has 16 heavy (non-hydrogen) atoms.